The van der Waals surface area contributed by atoms with E-state index in [1.54, 1.807) is 12.5 Å². The van der Waals surface area contributed by atoms with Crippen molar-refractivity contribution < 1.29 is 4.79 Å². The van der Waals surface area contributed by atoms with Crippen LogP contribution in [0.3, 0.4) is 0 Å². The van der Waals surface area contributed by atoms with Crippen LogP contribution in [0.1, 0.15) is 40.9 Å². The van der Waals surface area contributed by atoms with Crippen molar-refractivity contribution in [3.05, 3.63) is 53.7 Å². The number of aryl methyl sites for hydroxylation is 1. The largest absolute Gasteiger partial charge is 0.361 e. The number of rotatable bonds is 5. The van der Waals surface area contributed by atoms with Gasteiger partial charge in [-0.15, -0.1) is 0 Å². The topological polar surface area (TPSA) is 76.8 Å². The number of carbonyl (C=O) groups excluding carboxylic acids is 1. The molecule has 1 aliphatic rings. The van der Waals surface area contributed by atoms with E-state index in [-0.39, 0.29) is 11.9 Å². The number of nitrogens with one attached hydrogen (secondary N) is 3. The Kier molecular flexibility index (Phi) is 4.75. The van der Waals surface area contributed by atoms with E-state index < -0.39 is 0 Å². The Labute approximate surface area is 153 Å². The summed E-state index contributed by atoms with van der Waals surface area (Å²) < 4.78 is 0. The lowest BCUT2D eigenvalue weighted by Crippen LogP contribution is -2.48. The summed E-state index contributed by atoms with van der Waals surface area (Å²) in [4.78, 5) is 24.9. The van der Waals surface area contributed by atoms with Crippen molar-refractivity contribution >= 4 is 16.8 Å². The van der Waals surface area contributed by atoms with Crippen molar-refractivity contribution in [1.82, 2.24) is 25.2 Å². The smallest absolute Gasteiger partial charge is 0.272 e. The van der Waals surface area contributed by atoms with E-state index in [2.05, 4.69) is 51.6 Å². The van der Waals surface area contributed by atoms with Crippen LogP contribution < -0.4 is 5.32 Å². The average Bonchev–Trinajstić information content (AvgIpc) is 3.32. The Bertz CT molecular complexity index is 883. The fourth-order valence-electron chi connectivity index (χ4n) is 3.83. The Morgan fingerprint density at radius 3 is 3.12 bits per heavy atom. The van der Waals surface area contributed by atoms with Crippen LogP contribution in [0.5, 0.6) is 0 Å². The summed E-state index contributed by atoms with van der Waals surface area (Å²) in [6.07, 6.45) is 8.52. The zero-order valence-corrected chi connectivity index (χ0v) is 15.1. The molecular weight excluding hydrogens is 326 g/mol. The average molecular weight is 351 g/mol. The number of fused-ring (bicyclic) bond motifs is 1. The van der Waals surface area contributed by atoms with E-state index in [1.165, 1.54) is 28.5 Å². The van der Waals surface area contributed by atoms with Crippen LogP contribution in [-0.4, -0.2) is 44.9 Å². The van der Waals surface area contributed by atoms with Crippen molar-refractivity contribution in [2.45, 2.75) is 38.8 Å². The van der Waals surface area contributed by atoms with E-state index in [0.29, 0.717) is 5.69 Å². The predicted molar refractivity (Wildman–Crippen MR) is 102 cm³/mol. The number of nitrogens with zero attached hydrogens (tertiary/aromatic N) is 2. The van der Waals surface area contributed by atoms with Gasteiger partial charge in [0.2, 0.25) is 0 Å². The second-order valence-corrected chi connectivity index (χ2v) is 7.11. The molecule has 2 aromatic heterocycles. The molecule has 0 spiro atoms. The van der Waals surface area contributed by atoms with Crippen LogP contribution in [-0.2, 0) is 6.54 Å². The number of likely N-dealkylation sites (tertiary alicyclic amines) is 1. The monoisotopic (exact) mass is 351 g/mol. The molecule has 1 fully saturated rings. The normalized spacial score (nSPS) is 17.7. The molecular formula is C20H25N5O. The highest BCUT2D eigenvalue weighted by Crippen LogP contribution is 2.21. The van der Waals surface area contributed by atoms with Gasteiger partial charge in [0.05, 0.1) is 12.5 Å². The van der Waals surface area contributed by atoms with Gasteiger partial charge in [-0.25, -0.2) is 4.98 Å². The second-order valence-electron chi connectivity index (χ2n) is 7.11. The Morgan fingerprint density at radius 2 is 2.27 bits per heavy atom. The lowest BCUT2D eigenvalue weighted by Gasteiger charge is -2.35. The highest BCUT2D eigenvalue weighted by molar-refractivity contribution is 5.92. The highest BCUT2D eigenvalue weighted by atomic mass is 16.2. The molecule has 6 nitrogen and oxygen atoms in total. The SMILES string of the molecule is Cc1ccc2c(CNC[C@@H]3CCCCN3C(=O)c3cnc[nH]3)c[nH]c2c1. The van der Waals surface area contributed by atoms with Crippen LogP contribution in [0.25, 0.3) is 10.9 Å². The second kappa shape index (κ2) is 7.33. The summed E-state index contributed by atoms with van der Waals surface area (Å²) in [7, 11) is 0. The van der Waals surface area contributed by atoms with Gasteiger partial charge in [0.25, 0.3) is 5.91 Å². The molecule has 1 atom stereocenters. The molecule has 6 heteroatoms. The molecule has 4 rings (SSSR count). The van der Waals surface area contributed by atoms with Crippen LogP contribution >= 0.6 is 0 Å². The van der Waals surface area contributed by atoms with Crippen molar-refractivity contribution in [1.29, 1.82) is 0 Å². The Hall–Kier alpha value is -2.60. The van der Waals surface area contributed by atoms with Crippen molar-refractivity contribution in [3.8, 4) is 0 Å². The van der Waals surface area contributed by atoms with E-state index >= 15 is 0 Å². The molecule has 3 N–H and O–H groups in total. The molecule has 0 radical (unpaired) electrons. The minimum absolute atomic E-state index is 0.0524. The Morgan fingerprint density at radius 1 is 1.35 bits per heavy atom. The fourth-order valence-corrected chi connectivity index (χ4v) is 3.83. The first-order valence-corrected chi connectivity index (χ1v) is 9.29. The van der Waals surface area contributed by atoms with E-state index in [0.717, 1.165) is 32.5 Å². The molecule has 1 saturated heterocycles. The molecule has 3 heterocycles. The van der Waals surface area contributed by atoms with Gasteiger partial charge in [0.1, 0.15) is 5.69 Å². The maximum absolute atomic E-state index is 12.7. The lowest BCUT2D eigenvalue weighted by atomic mass is 10.0. The third-order valence-electron chi connectivity index (χ3n) is 5.23. The van der Waals surface area contributed by atoms with Crippen molar-refractivity contribution in [2.24, 2.45) is 0 Å². The van der Waals surface area contributed by atoms with Crippen molar-refractivity contribution in [3.63, 3.8) is 0 Å². The minimum atomic E-state index is 0.0524. The molecule has 3 aromatic rings. The molecule has 1 aromatic carbocycles. The van der Waals surface area contributed by atoms with Gasteiger partial charge in [0, 0.05) is 42.8 Å². The maximum atomic E-state index is 12.7. The van der Waals surface area contributed by atoms with Gasteiger partial charge in [-0.1, -0.05) is 12.1 Å². The Balaban J connectivity index is 1.40. The first-order valence-electron chi connectivity index (χ1n) is 9.29. The number of piperidine rings is 1. The summed E-state index contributed by atoms with van der Waals surface area (Å²) in [5, 5.41) is 4.82. The number of H-pyrrole nitrogens is 2. The number of benzene rings is 1. The quantitative estimate of drug-likeness (QED) is 0.661. The molecule has 1 aliphatic heterocycles. The number of hydrogen-bond acceptors (Lipinski definition) is 3. The predicted octanol–water partition coefficient (Wildman–Crippen LogP) is 2.98. The molecule has 1 amide bonds. The van der Waals surface area contributed by atoms with Crippen molar-refractivity contribution in [2.75, 3.05) is 13.1 Å². The summed E-state index contributed by atoms with van der Waals surface area (Å²) in [6, 6.07) is 6.72. The lowest BCUT2D eigenvalue weighted by molar-refractivity contribution is 0.0606. The van der Waals surface area contributed by atoms with E-state index in [4.69, 9.17) is 0 Å². The van der Waals surface area contributed by atoms with Gasteiger partial charge >= 0.3 is 0 Å². The molecule has 26 heavy (non-hydrogen) atoms. The van der Waals surface area contributed by atoms with Crippen LogP contribution in [0.15, 0.2) is 36.9 Å². The summed E-state index contributed by atoms with van der Waals surface area (Å²) in [5.41, 5.74) is 4.27. The van der Waals surface area contributed by atoms with Crippen LogP contribution in [0.4, 0.5) is 0 Å². The zero-order valence-electron chi connectivity index (χ0n) is 15.1. The molecule has 0 bridgehead atoms. The van der Waals surface area contributed by atoms with Crippen LogP contribution in [0, 0.1) is 6.92 Å². The number of amides is 1. The molecule has 0 saturated carbocycles. The van der Waals surface area contributed by atoms with E-state index in [1.807, 2.05) is 4.90 Å². The van der Waals surface area contributed by atoms with Crippen LogP contribution in [0.2, 0.25) is 0 Å². The first-order chi connectivity index (χ1) is 12.7. The summed E-state index contributed by atoms with van der Waals surface area (Å²) >= 11 is 0. The third kappa shape index (κ3) is 3.37. The summed E-state index contributed by atoms with van der Waals surface area (Å²) in [6.45, 7) is 4.52. The van der Waals surface area contributed by atoms with Gasteiger partial charge in [0.15, 0.2) is 0 Å². The third-order valence-corrected chi connectivity index (χ3v) is 5.23. The highest BCUT2D eigenvalue weighted by Gasteiger charge is 2.27. The number of aromatic nitrogens is 3. The molecule has 0 aliphatic carbocycles. The fraction of sp³-hybridized carbons (Fsp3) is 0.400. The summed E-state index contributed by atoms with van der Waals surface area (Å²) in [5.74, 6) is 0.0524. The molecule has 0 unspecified atom stereocenters. The molecule has 136 valence electrons. The van der Waals surface area contributed by atoms with E-state index in [9.17, 15) is 4.79 Å². The van der Waals surface area contributed by atoms with Gasteiger partial charge < -0.3 is 20.2 Å². The van der Waals surface area contributed by atoms with Gasteiger partial charge in [-0.2, -0.15) is 0 Å². The minimum Gasteiger partial charge on any atom is -0.361 e. The first kappa shape index (κ1) is 16.8. The van der Waals surface area contributed by atoms with Gasteiger partial charge in [-0.3, -0.25) is 4.79 Å². The maximum Gasteiger partial charge on any atom is 0.272 e. The standard InChI is InChI=1S/C20H25N5O/c1-14-5-6-17-15(10-23-18(17)8-14)9-21-11-16-4-2-3-7-25(16)20(26)19-12-22-13-24-19/h5-6,8,10,12-13,16,21,23H,2-4,7,9,11H2,1H3,(H,22,24)/t16-/m0/s1. The number of aromatic amines is 2. The van der Waals surface area contributed by atoms with Gasteiger partial charge in [-0.05, 0) is 43.4 Å². The number of hydrogen-bond donors (Lipinski definition) is 3. The number of imidazole rings is 1. The zero-order chi connectivity index (χ0) is 17.9. The number of carbonyl (C=O) groups is 1.